The third-order valence-corrected chi connectivity index (χ3v) is 4.55. The molecule has 1 N–H and O–H groups in total. The number of hydrogen-bond donors (Lipinski definition) is 1. The van der Waals surface area contributed by atoms with E-state index in [1.54, 1.807) is 29.5 Å². The average molecular weight is 367 g/mol. The van der Waals surface area contributed by atoms with Crippen molar-refractivity contribution in [3.05, 3.63) is 77.6 Å². The van der Waals surface area contributed by atoms with Crippen LogP contribution in [0.3, 0.4) is 0 Å². The molecule has 1 aromatic carbocycles. The molecule has 5 nitrogen and oxygen atoms in total. The molecule has 132 valence electrons. The van der Waals surface area contributed by atoms with Crippen molar-refractivity contribution in [3.8, 4) is 10.4 Å². The highest BCUT2D eigenvalue weighted by Gasteiger charge is 2.06. The third kappa shape index (κ3) is 5.19. The van der Waals surface area contributed by atoms with Gasteiger partial charge in [-0.3, -0.25) is 4.79 Å². The van der Waals surface area contributed by atoms with Crippen molar-refractivity contribution < 1.29 is 18.7 Å². The lowest BCUT2D eigenvalue weighted by Gasteiger charge is -2.03. The normalized spacial score (nSPS) is 10.8. The van der Waals surface area contributed by atoms with Crippen molar-refractivity contribution >= 4 is 29.3 Å². The number of amides is 1. The topological polar surface area (TPSA) is 68.5 Å². The number of ether oxygens (including phenoxy) is 1. The summed E-state index contributed by atoms with van der Waals surface area (Å²) in [5.74, 6) is -0.310. The second kappa shape index (κ2) is 8.82. The van der Waals surface area contributed by atoms with Crippen LogP contribution >= 0.6 is 11.3 Å². The van der Waals surface area contributed by atoms with Gasteiger partial charge in [0.1, 0.15) is 5.76 Å². The predicted molar refractivity (Wildman–Crippen MR) is 100 cm³/mol. The quantitative estimate of drug-likeness (QED) is 0.508. The number of benzene rings is 1. The zero-order valence-corrected chi connectivity index (χ0v) is 14.7. The Balaban J connectivity index is 1.44. The summed E-state index contributed by atoms with van der Waals surface area (Å²) in [4.78, 5) is 25.4. The maximum Gasteiger partial charge on any atom is 0.331 e. The van der Waals surface area contributed by atoms with Gasteiger partial charge in [0.15, 0.2) is 6.61 Å². The maximum absolute atomic E-state index is 11.7. The Hall–Kier alpha value is -3.12. The Labute approximate surface area is 154 Å². The van der Waals surface area contributed by atoms with Gasteiger partial charge in [0.05, 0.1) is 12.8 Å². The molecule has 3 aromatic rings. The van der Waals surface area contributed by atoms with E-state index < -0.39 is 5.97 Å². The summed E-state index contributed by atoms with van der Waals surface area (Å²) in [6.07, 6.45) is 4.53. The van der Waals surface area contributed by atoms with Crippen LogP contribution in [-0.2, 0) is 20.9 Å². The summed E-state index contributed by atoms with van der Waals surface area (Å²) in [5, 5.41) is 2.60. The standard InChI is InChI=1S/C20H17NO4S/c22-19(21-13-16-7-4-12-24-16)14-25-20(23)11-9-17-8-10-18(26-17)15-5-2-1-3-6-15/h1-12H,13-14H2,(H,21,22)/b11-9+. The van der Waals surface area contributed by atoms with Gasteiger partial charge in [-0.1, -0.05) is 30.3 Å². The lowest BCUT2D eigenvalue weighted by atomic mass is 10.2. The Morgan fingerprint density at radius 2 is 1.92 bits per heavy atom. The van der Waals surface area contributed by atoms with E-state index in [1.165, 1.54) is 12.3 Å². The highest BCUT2D eigenvalue weighted by molar-refractivity contribution is 7.16. The second-order valence-electron chi connectivity index (χ2n) is 5.37. The molecule has 2 heterocycles. The summed E-state index contributed by atoms with van der Waals surface area (Å²) in [6, 6.07) is 17.4. The number of hydrogen-bond acceptors (Lipinski definition) is 5. The van der Waals surface area contributed by atoms with E-state index in [9.17, 15) is 9.59 Å². The number of thiophene rings is 1. The molecular formula is C20H17NO4S. The van der Waals surface area contributed by atoms with Crippen molar-refractivity contribution in [1.29, 1.82) is 0 Å². The molecule has 0 radical (unpaired) electrons. The molecule has 6 heteroatoms. The van der Waals surface area contributed by atoms with E-state index in [-0.39, 0.29) is 19.1 Å². The van der Waals surface area contributed by atoms with Crippen LogP contribution in [0, 0.1) is 0 Å². The van der Waals surface area contributed by atoms with Gasteiger partial charge in [0.2, 0.25) is 0 Å². The third-order valence-electron chi connectivity index (χ3n) is 3.45. The minimum absolute atomic E-state index is 0.261. The molecule has 0 aliphatic heterocycles. The number of esters is 1. The van der Waals surface area contributed by atoms with Gasteiger partial charge in [-0.2, -0.15) is 0 Å². The molecule has 2 aromatic heterocycles. The highest BCUT2D eigenvalue weighted by atomic mass is 32.1. The van der Waals surface area contributed by atoms with Gasteiger partial charge in [0.25, 0.3) is 5.91 Å². The summed E-state index contributed by atoms with van der Waals surface area (Å²) >= 11 is 1.57. The molecule has 0 aliphatic rings. The first kappa shape index (κ1) is 17.7. The van der Waals surface area contributed by atoms with Crippen molar-refractivity contribution in [2.75, 3.05) is 6.61 Å². The van der Waals surface area contributed by atoms with E-state index in [4.69, 9.17) is 9.15 Å². The van der Waals surface area contributed by atoms with Crippen LogP contribution in [0.25, 0.3) is 16.5 Å². The Bertz CT molecular complexity index is 882. The molecule has 0 saturated carbocycles. The van der Waals surface area contributed by atoms with Gasteiger partial charge in [-0.05, 0) is 35.9 Å². The molecule has 0 aliphatic carbocycles. The van der Waals surface area contributed by atoms with Gasteiger partial charge in [0, 0.05) is 15.8 Å². The maximum atomic E-state index is 11.7. The highest BCUT2D eigenvalue weighted by Crippen LogP contribution is 2.28. The zero-order valence-electron chi connectivity index (χ0n) is 13.9. The lowest BCUT2D eigenvalue weighted by Crippen LogP contribution is -2.27. The lowest BCUT2D eigenvalue weighted by molar-refractivity contribution is -0.143. The van der Waals surface area contributed by atoms with E-state index in [0.717, 1.165) is 15.3 Å². The van der Waals surface area contributed by atoms with Gasteiger partial charge < -0.3 is 14.5 Å². The molecule has 3 rings (SSSR count). The monoisotopic (exact) mass is 367 g/mol. The molecule has 0 saturated heterocycles. The molecule has 1 amide bonds. The Morgan fingerprint density at radius 1 is 1.08 bits per heavy atom. The number of rotatable bonds is 7. The van der Waals surface area contributed by atoms with E-state index in [1.807, 2.05) is 42.5 Å². The smallest absolute Gasteiger partial charge is 0.331 e. The number of carbonyl (C=O) groups excluding carboxylic acids is 2. The first-order valence-electron chi connectivity index (χ1n) is 8.00. The minimum Gasteiger partial charge on any atom is -0.467 e. The molecule has 0 bridgehead atoms. The van der Waals surface area contributed by atoms with E-state index in [0.29, 0.717) is 5.76 Å². The average Bonchev–Trinajstić information content (AvgIpc) is 3.35. The van der Waals surface area contributed by atoms with Crippen LogP contribution in [0.15, 0.2) is 71.4 Å². The van der Waals surface area contributed by atoms with Crippen LogP contribution in [-0.4, -0.2) is 18.5 Å². The number of furan rings is 1. The summed E-state index contributed by atoms with van der Waals surface area (Å²) in [6.45, 7) is -0.0692. The minimum atomic E-state index is -0.562. The Kier molecular flexibility index (Phi) is 6.01. The molecule has 0 atom stereocenters. The molecular weight excluding hydrogens is 350 g/mol. The first-order valence-corrected chi connectivity index (χ1v) is 8.81. The molecule has 0 spiro atoms. The molecule has 0 unspecified atom stereocenters. The first-order chi connectivity index (χ1) is 12.7. The van der Waals surface area contributed by atoms with E-state index >= 15 is 0 Å². The largest absolute Gasteiger partial charge is 0.467 e. The SMILES string of the molecule is O=C(COC(=O)/C=C/c1ccc(-c2ccccc2)s1)NCc1ccco1. The van der Waals surface area contributed by atoms with Crippen LogP contribution in [0.2, 0.25) is 0 Å². The van der Waals surface area contributed by atoms with Gasteiger partial charge in [-0.25, -0.2) is 4.79 Å². The van der Waals surface area contributed by atoms with Crippen molar-refractivity contribution in [3.63, 3.8) is 0 Å². The zero-order chi connectivity index (χ0) is 18.2. The van der Waals surface area contributed by atoms with E-state index in [2.05, 4.69) is 5.32 Å². The fourth-order valence-electron chi connectivity index (χ4n) is 2.18. The predicted octanol–water partition coefficient (Wildman–Crippen LogP) is 3.88. The molecule has 26 heavy (non-hydrogen) atoms. The fourth-order valence-corrected chi connectivity index (χ4v) is 3.10. The number of nitrogens with one attached hydrogen (secondary N) is 1. The summed E-state index contributed by atoms with van der Waals surface area (Å²) < 4.78 is 10.0. The van der Waals surface area contributed by atoms with Crippen LogP contribution < -0.4 is 5.32 Å². The van der Waals surface area contributed by atoms with Gasteiger partial charge >= 0.3 is 5.97 Å². The van der Waals surface area contributed by atoms with Crippen LogP contribution in [0.5, 0.6) is 0 Å². The fraction of sp³-hybridized carbons (Fsp3) is 0.100. The summed E-state index contributed by atoms with van der Waals surface area (Å²) in [5.41, 5.74) is 1.13. The van der Waals surface area contributed by atoms with Crippen molar-refractivity contribution in [2.24, 2.45) is 0 Å². The van der Waals surface area contributed by atoms with Crippen molar-refractivity contribution in [1.82, 2.24) is 5.32 Å². The van der Waals surface area contributed by atoms with Crippen LogP contribution in [0.1, 0.15) is 10.6 Å². The second-order valence-corrected chi connectivity index (χ2v) is 6.48. The van der Waals surface area contributed by atoms with Crippen molar-refractivity contribution in [2.45, 2.75) is 6.54 Å². The molecule has 0 fully saturated rings. The Morgan fingerprint density at radius 3 is 2.69 bits per heavy atom. The summed E-state index contributed by atoms with van der Waals surface area (Å²) in [7, 11) is 0. The van der Waals surface area contributed by atoms with Crippen LogP contribution in [0.4, 0.5) is 0 Å². The number of carbonyl (C=O) groups is 2. The van der Waals surface area contributed by atoms with Gasteiger partial charge in [-0.15, -0.1) is 11.3 Å².